The van der Waals surface area contributed by atoms with Crippen LogP contribution in [0.2, 0.25) is 0 Å². The van der Waals surface area contributed by atoms with E-state index in [1.165, 1.54) is 26.7 Å². The van der Waals surface area contributed by atoms with Crippen molar-refractivity contribution in [1.82, 2.24) is 19.3 Å². The first-order valence-electron chi connectivity index (χ1n) is 8.82. The predicted octanol–water partition coefficient (Wildman–Crippen LogP) is 3.42. The molecule has 28 heavy (non-hydrogen) atoms. The fourth-order valence-electron chi connectivity index (χ4n) is 2.88. The summed E-state index contributed by atoms with van der Waals surface area (Å²) in [7, 11) is 0. The molecule has 0 amide bonds. The molecule has 0 fully saturated rings. The minimum Gasteiger partial charge on any atom is -0.333 e. The normalized spacial score (nSPS) is 11.2. The van der Waals surface area contributed by atoms with Crippen molar-refractivity contribution in [3.05, 3.63) is 80.4 Å². The number of nitrogens with zero attached hydrogens (tertiary/aromatic N) is 4. The predicted molar refractivity (Wildman–Crippen MR) is 107 cm³/mol. The number of thiophene rings is 1. The molecule has 0 atom stereocenters. The van der Waals surface area contributed by atoms with E-state index in [9.17, 15) is 9.59 Å². The molecule has 142 valence electrons. The van der Waals surface area contributed by atoms with Crippen LogP contribution in [0.5, 0.6) is 0 Å². The SMILES string of the molecule is CC(C)n1cc(-c2noc(-c3cccs3)n2)c(=O)n(Cc2ccccc2)c1=O. The molecule has 0 aliphatic carbocycles. The summed E-state index contributed by atoms with van der Waals surface area (Å²) in [5, 5.41) is 5.88. The van der Waals surface area contributed by atoms with Gasteiger partial charge in [0, 0.05) is 12.2 Å². The van der Waals surface area contributed by atoms with Crippen LogP contribution in [0.1, 0.15) is 25.5 Å². The summed E-state index contributed by atoms with van der Waals surface area (Å²) >= 11 is 1.47. The molecule has 8 heteroatoms. The van der Waals surface area contributed by atoms with Gasteiger partial charge in [-0.1, -0.05) is 41.6 Å². The van der Waals surface area contributed by atoms with Gasteiger partial charge in [-0.3, -0.25) is 13.9 Å². The Morgan fingerprint density at radius 1 is 1.11 bits per heavy atom. The summed E-state index contributed by atoms with van der Waals surface area (Å²) in [6, 6.07) is 13.0. The number of hydrogen-bond acceptors (Lipinski definition) is 6. The Morgan fingerprint density at radius 2 is 1.89 bits per heavy atom. The van der Waals surface area contributed by atoms with E-state index in [1.54, 1.807) is 0 Å². The Morgan fingerprint density at radius 3 is 2.57 bits per heavy atom. The molecule has 1 aromatic carbocycles. The quantitative estimate of drug-likeness (QED) is 0.518. The minimum absolute atomic E-state index is 0.127. The standard InChI is InChI=1S/C20H18N4O3S/c1-13(2)23-12-15(17-21-18(27-22-17)16-9-6-10-28-16)19(25)24(20(23)26)11-14-7-4-3-5-8-14/h3-10,12-13H,11H2,1-2H3. The molecule has 0 aliphatic rings. The summed E-state index contributed by atoms with van der Waals surface area (Å²) in [6.45, 7) is 3.94. The summed E-state index contributed by atoms with van der Waals surface area (Å²) in [5.74, 6) is 0.519. The van der Waals surface area contributed by atoms with Gasteiger partial charge in [-0.15, -0.1) is 11.3 Å². The second kappa shape index (κ2) is 7.40. The largest absolute Gasteiger partial charge is 0.333 e. The van der Waals surface area contributed by atoms with Gasteiger partial charge in [-0.2, -0.15) is 4.98 Å². The first-order valence-corrected chi connectivity index (χ1v) is 9.70. The summed E-state index contributed by atoms with van der Waals surface area (Å²) in [5.41, 5.74) is 0.288. The summed E-state index contributed by atoms with van der Waals surface area (Å²) < 4.78 is 8.05. The zero-order valence-electron chi connectivity index (χ0n) is 15.4. The highest BCUT2D eigenvalue weighted by Crippen LogP contribution is 2.24. The fourth-order valence-corrected chi connectivity index (χ4v) is 3.53. The van der Waals surface area contributed by atoms with E-state index >= 15 is 0 Å². The van der Waals surface area contributed by atoms with Gasteiger partial charge in [0.25, 0.3) is 11.4 Å². The van der Waals surface area contributed by atoms with E-state index in [4.69, 9.17) is 4.52 Å². The molecule has 0 aliphatic heterocycles. The molecule has 0 saturated heterocycles. The van der Waals surface area contributed by atoms with Crippen molar-refractivity contribution in [3.8, 4) is 22.2 Å². The van der Waals surface area contributed by atoms with Crippen molar-refractivity contribution in [2.45, 2.75) is 26.4 Å². The Kier molecular flexibility index (Phi) is 4.79. The van der Waals surface area contributed by atoms with Crippen molar-refractivity contribution < 1.29 is 4.52 Å². The molecule has 0 spiro atoms. The van der Waals surface area contributed by atoms with Crippen LogP contribution in [-0.4, -0.2) is 19.3 Å². The molecule has 4 aromatic rings. The van der Waals surface area contributed by atoms with E-state index < -0.39 is 5.56 Å². The van der Waals surface area contributed by atoms with E-state index in [1.807, 2.05) is 61.7 Å². The van der Waals surface area contributed by atoms with E-state index in [0.717, 1.165) is 10.4 Å². The Balaban J connectivity index is 1.86. The molecule has 7 nitrogen and oxygen atoms in total. The lowest BCUT2D eigenvalue weighted by Gasteiger charge is -2.14. The van der Waals surface area contributed by atoms with Crippen LogP contribution in [0.4, 0.5) is 0 Å². The van der Waals surface area contributed by atoms with Gasteiger partial charge in [0.15, 0.2) is 0 Å². The Labute approximate surface area is 164 Å². The maximum atomic E-state index is 13.1. The average Bonchev–Trinajstić information content (AvgIpc) is 3.37. The van der Waals surface area contributed by atoms with Crippen molar-refractivity contribution in [2.24, 2.45) is 0 Å². The summed E-state index contributed by atoms with van der Waals surface area (Å²) in [4.78, 5) is 31.2. The molecular weight excluding hydrogens is 376 g/mol. The highest BCUT2D eigenvalue weighted by atomic mass is 32.1. The molecular formula is C20H18N4O3S. The fraction of sp³-hybridized carbons (Fsp3) is 0.200. The van der Waals surface area contributed by atoms with Crippen LogP contribution in [0.3, 0.4) is 0 Å². The van der Waals surface area contributed by atoms with Gasteiger partial charge >= 0.3 is 5.69 Å². The maximum Gasteiger partial charge on any atom is 0.331 e. The third-order valence-electron chi connectivity index (χ3n) is 4.33. The number of aromatic nitrogens is 4. The maximum absolute atomic E-state index is 13.1. The molecule has 3 aromatic heterocycles. The highest BCUT2D eigenvalue weighted by Gasteiger charge is 2.19. The zero-order chi connectivity index (χ0) is 19.7. The number of hydrogen-bond donors (Lipinski definition) is 0. The lowest BCUT2D eigenvalue weighted by Crippen LogP contribution is -2.41. The third-order valence-corrected chi connectivity index (χ3v) is 5.19. The molecule has 0 saturated carbocycles. The topological polar surface area (TPSA) is 82.9 Å². The first-order chi connectivity index (χ1) is 13.5. The van der Waals surface area contributed by atoms with Crippen LogP contribution < -0.4 is 11.2 Å². The molecule has 4 rings (SSSR count). The molecule has 0 unspecified atom stereocenters. The first kappa shape index (κ1) is 18.1. The lowest BCUT2D eigenvalue weighted by molar-refractivity contribution is 0.432. The average molecular weight is 394 g/mol. The molecule has 0 bridgehead atoms. The van der Waals surface area contributed by atoms with Crippen molar-refractivity contribution in [3.63, 3.8) is 0 Å². The van der Waals surface area contributed by atoms with Crippen LogP contribution in [0.15, 0.2) is 68.2 Å². The van der Waals surface area contributed by atoms with Crippen LogP contribution in [0, 0.1) is 0 Å². The van der Waals surface area contributed by atoms with E-state index in [2.05, 4.69) is 10.1 Å². The van der Waals surface area contributed by atoms with Crippen molar-refractivity contribution in [2.75, 3.05) is 0 Å². The van der Waals surface area contributed by atoms with Gasteiger partial charge in [-0.05, 0) is 30.9 Å². The van der Waals surface area contributed by atoms with Crippen molar-refractivity contribution in [1.29, 1.82) is 0 Å². The number of rotatable bonds is 5. The summed E-state index contributed by atoms with van der Waals surface area (Å²) in [6.07, 6.45) is 1.51. The van der Waals surface area contributed by atoms with Gasteiger partial charge in [-0.25, -0.2) is 4.79 Å². The smallest absolute Gasteiger partial charge is 0.331 e. The van der Waals surface area contributed by atoms with E-state index in [0.29, 0.717) is 5.89 Å². The van der Waals surface area contributed by atoms with Gasteiger partial charge in [0.05, 0.1) is 11.4 Å². The zero-order valence-corrected chi connectivity index (χ0v) is 16.2. The van der Waals surface area contributed by atoms with Crippen molar-refractivity contribution >= 4 is 11.3 Å². The van der Waals surface area contributed by atoms with Crippen LogP contribution in [0.25, 0.3) is 22.2 Å². The molecule has 3 heterocycles. The minimum atomic E-state index is -0.440. The highest BCUT2D eigenvalue weighted by molar-refractivity contribution is 7.13. The number of benzene rings is 1. The van der Waals surface area contributed by atoms with Crippen LogP contribution >= 0.6 is 11.3 Å². The van der Waals surface area contributed by atoms with Crippen LogP contribution in [-0.2, 0) is 6.54 Å². The van der Waals surface area contributed by atoms with Gasteiger partial charge < -0.3 is 4.52 Å². The third kappa shape index (κ3) is 3.34. The molecule has 0 radical (unpaired) electrons. The van der Waals surface area contributed by atoms with Gasteiger partial charge in [0.1, 0.15) is 5.56 Å². The second-order valence-electron chi connectivity index (χ2n) is 6.60. The van der Waals surface area contributed by atoms with E-state index in [-0.39, 0.29) is 29.7 Å². The second-order valence-corrected chi connectivity index (χ2v) is 7.55. The Hall–Kier alpha value is -3.26. The Bertz CT molecular complexity index is 1200. The monoisotopic (exact) mass is 394 g/mol. The molecule has 0 N–H and O–H groups in total. The van der Waals surface area contributed by atoms with Gasteiger partial charge in [0.2, 0.25) is 5.82 Å². The lowest BCUT2D eigenvalue weighted by atomic mass is 10.2.